The van der Waals surface area contributed by atoms with E-state index in [0.29, 0.717) is 5.92 Å². The maximum absolute atomic E-state index is 13.4. The molecule has 1 saturated carbocycles. The van der Waals surface area contributed by atoms with E-state index in [-0.39, 0.29) is 6.04 Å². The van der Waals surface area contributed by atoms with E-state index in [1.54, 1.807) is 0 Å². The topological polar surface area (TPSA) is 84.5 Å². The van der Waals surface area contributed by atoms with Crippen molar-refractivity contribution in [2.45, 2.75) is 38.6 Å². The molecule has 6 nitrogen and oxygen atoms in total. The van der Waals surface area contributed by atoms with E-state index in [9.17, 15) is 23.2 Å². The number of rotatable bonds is 4. The Morgan fingerprint density at radius 3 is 2.44 bits per heavy atom. The lowest BCUT2D eigenvalue weighted by atomic mass is 9.86. The van der Waals surface area contributed by atoms with Gasteiger partial charge in [-0.25, -0.2) is 18.4 Å². The first-order chi connectivity index (χ1) is 11.9. The van der Waals surface area contributed by atoms with Crippen LogP contribution in [0.15, 0.2) is 18.2 Å². The van der Waals surface area contributed by atoms with Crippen LogP contribution in [0.5, 0.6) is 0 Å². The fourth-order valence-electron chi connectivity index (χ4n) is 2.79. The molecule has 0 aromatic heterocycles. The summed E-state index contributed by atoms with van der Waals surface area (Å²) in [5.74, 6) is -4.06. The van der Waals surface area contributed by atoms with E-state index >= 15 is 0 Å². The Balaban J connectivity index is 1.80. The highest BCUT2D eigenvalue weighted by Gasteiger charge is 2.24. The Bertz CT molecular complexity index is 646. The van der Waals surface area contributed by atoms with E-state index in [1.165, 1.54) is 0 Å². The van der Waals surface area contributed by atoms with Gasteiger partial charge in [0.25, 0.3) is 5.91 Å². The maximum atomic E-state index is 13.4. The van der Waals surface area contributed by atoms with Crippen LogP contribution in [0.1, 0.15) is 43.0 Å². The number of ether oxygens (including phenoxy) is 1. The minimum atomic E-state index is -1.31. The van der Waals surface area contributed by atoms with Gasteiger partial charge < -0.3 is 10.1 Å². The smallest absolute Gasteiger partial charge is 0.344 e. The summed E-state index contributed by atoms with van der Waals surface area (Å²) in [5, 5.41) is 4.74. The lowest BCUT2D eigenvalue weighted by Gasteiger charge is -2.29. The van der Waals surface area contributed by atoms with Crippen LogP contribution >= 0.6 is 0 Å². The molecule has 2 rings (SSSR count). The largest absolute Gasteiger partial charge is 0.452 e. The predicted octanol–water partition coefficient (Wildman–Crippen LogP) is 2.53. The van der Waals surface area contributed by atoms with Crippen molar-refractivity contribution in [1.82, 2.24) is 10.6 Å². The molecule has 1 aliphatic carbocycles. The summed E-state index contributed by atoms with van der Waals surface area (Å²) in [5.41, 5.74) is -0.879. The molecule has 2 N–H and O–H groups in total. The van der Waals surface area contributed by atoms with Crippen LogP contribution in [-0.4, -0.2) is 30.6 Å². The van der Waals surface area contributed by atoms with Crippen molar-refractivity contribution in [3.63, 3.8) is 0 Å². The molecule has 0 aliphatic heterocycles. The number of halogens is 2. The highest BCUT2D eigenvalue weighted by molar-refractivity contribution is 5.97. The molecule has 0 radical (unpaired) electrons. The summed E-state index contributed by atoms with van der Waals surface area (Å²) in [6, 6.07) is 2.20. The van der Waals surface area contributed by atoms with E-state index in [2.05, 4.69) is 10.1 Å². The third-order valence-electron chi connectivity index (χ3n) is 4.18. The molecule has 0 spiro atoms. The van der Waals surface area contributed by atoms with E-state index in [0.717, 1.165) is 43.9 Å². The number of carbonyl (C=O) groups excluding carboxylic acids is 3. The lowest BCUT2D eigenvalue weighted by Crippen LogP contribution is -2.48. The van der Waals surface area contributed by atoms with Gasteiger partial charge in [0.2, 0.25) is 0 Å². The van der Waals surface area contributed by atoms with E-state index < -0.39 is 41.7 Å². The van der Waals surface area contributed by atoms with Gasteiger partial charge in [0.05, 0.1) is 0 Å². The Labute approximate surface area is 143 Å². The summed E-state index contributed by atoms with van der Waals surface area (Å²) < 4.78 is 31.4. The number of urea groups is 1. The first kappa shape index (κ1) is 18.8. The molecule has 0 saturated heterocycles. The molecule has 0 bridgehead atoms. The number of benzene rings is 1. The Kier molecular flexibility index (Phi) is 6.44. The molecule has 136 valence electrons. The van der Waals surface area contributed by atoms with Crippen molar-refractivity contribution in [3.05, 3.63) is 35.4 Å². The molecule has 0 heterocycles. The zero-order valence-electron chi connectivity index (χ0n) is 13.8. The first-order valence-corrected chi connectivity index (χ1v) is 8.10. The van der Waals surface area contributed by atoms with Gasteiger partial charge in [-0.05, 0) is 30.9 Å². The van der Waals surface area contributed by atoms with Crippen LogP contribution in [0.3, 0.4) is 0 Å². The molecule has 1 fully saturated rings. The maximum Gasteiger partial charge on any atom is 0.344 e. The second-order valence-electron chi connectivity index (χ2n) is 6.06. The average molecular weight is 354 g/mol. The van der Waals surface area contributed by atoms with Crippen LogP contribution in [-0.2, 0) is 9.53 Å². The van der Waals surface area contributed by atoms with Crippen molar-refractivity contribution < 1.29 is 27.9 Å². The van der Waals surface area contributed by atoms with Crippen LogP contribution in [0.25, 0.3) is 0 Å². The van der Waals surface area contributed by atoms with Crippen LogP contribution in [0.4, 0.5) is 13.6 Å². The van der Waals surface area contributed by atoms with Crippen LogP contribution in [0.2, 0.25) is 0 Å². The number of hydrogen-bond acceptors (Lipinski definition) is 4. The highest BCUT2D eigenvalue weighted by atomic mass is 19.1. The molecule has 8 heteroatoms. The Hall–Kier alpha value is -2.51. The van der Waals surface area contributed by atoms with Crippen molar-refractivity contribution in [1.29, 1.82) is 0 Å². The van der Waals surface area contributed by atoms with Gasteiger partial charge >= 0.3 is 12.0 Å². The second-order valence-corrected chi connectivity index (χ2v) is 6.06. The normalized spacial score (nSPS) is 19.8. The number of esters is 1. The van der Waals surface area contributed by atoms with Gasteiger partial charge in [-0.2, -0.15) is 0 Å². The van der Waals surface area contributed by atoms with Gasteiger partial charge in [-0.3, -0.25) is 10.1 Å². The minimum absolute atomic E-state index is 0.0170. The number of amides is 3. The quantitative estimate of drug-likeness (QED) is 0.814. The van der Waals surface area contributed by atoms with Gasteiger partial charge in [-0.1, -0.05) is 25.8 Å². The molecule has 1 aromatic rings. The van der Waals surface area contributed by atoms with Gasteiger partial charge in [0.15, 0.2) is 6.61 Å². The zero-order chi connectivity index (χ0) is 18.4. The molecule has 3 amide bonds. The number of carbonyl (C=O) groups is 3. The fourth-order valence-corrected chi connectivity index (χ4v) is 2.79. The zero-order valence-corrected chi connectivity index (χ0v) is 13.8. The third kappa shape index (κ3) is 5.23. The summed E-state index contributed by atoms with van der Waals surface area (Å²) in [4.78, 5) is 35.1. The summed E-state index contributed by atoms with van der Waals surface area (Å²) in [7, 11) is 0. The number of imide groups is 1. The summed E-state index contributed by atoms with van der Waals surface area (Å²) in [6.07, 6.45) is 3.96. The Morgan fingerprint density at radius 2 is 1.80 bits per heavy atom. The summed E-state index contributed by atoms with van der Waals surface area (Å²) in [6.45, 7) is 1.21. The molecule has 25 heavy (non-hydrogen) atoms. The standard InChI is InChI=1S/C17H20F2N2O4/c1-10-5-2-3-8-13(10)20-17(24)21-14(22)9-25-16(23)15-11(18)6-4-7-12(15)19/h4,6-7,10,13H,2-3,5,8-9H2,1H3,(H2,20,21,22,24)/t10-,13-/m0/s1. The molecule has 0 unspecified atom stereocenters. The van der Waals surface area contributed by atoms with Crippen molar-refractivity contribution in [2.24, 2.45) is 5.92 Å². The van der Waals surface area contributed by atoms with Gasteiger partial charge in [0, 0.05) is 6.04 Å². The lowest BCUT2D eigenvalue weighted by molar-refractivity contribution is -0.123. The molecule has 1 aliphatic rings. The molecular weight excluding hydrogens is 334 g/mol. The van der Waals surface area contributed by atoms with E-state index in [1.807, 2.05) is 12.2 Å². The fraction of sp³-hybridized carbons (Fsp3) is 0.471. The number of nitrogens with one attached hydrogen (secondary N) is 2. The molecule has 1 aromatic carbocycles. The van der Waals surface area contributed by atoms with Crippen molar-refractivity contribution >= 4 is 17.9 Å². The monoisotopic (exact) mass is 354 g/mol. The van der Waals surface area contributed by atoms with Gasteiger partial charge in [-0.15, -0.1) is 0 Å². The Morgan fingerprint density at radius 1 is 1.16 bits per heavy atom. The van der Waals surface area contributed by atoms with Crippen molar-refractivity contribution in [2.75, 3.05) is 6.61 Å². The average Bonchev–Trinajstić information content (AvgIpc) is 2.55. The molecular formula is C17H20F2N2O4. The van der Waals surface area contributed by atoms with Crippen LogP contribution < -0.4 is 10.6 Å². The SMILES string of the molecule is C[C@H]1CCCC[C@@H]1NC(=O)NC(=O)COC(=O)c1c(F)cccc1F. The van der Waals surface area contributed by atoms with Gasteiger partial charge in [0.1, 0.15) is 17.2 Å². The number of hydrogen-bond donors (Lipinski definition) is 2. The predicted molar refractivity (Wildman–Crippen MR) is 84.7 cm³/mol. The van der Waals surface area contributed by atoms with E-state index in [4.69, 9.17) is 0 Å². The highest BCUT2D eigenvalue weighted by Crippen LogP contribution is 2.23. The third-order valence-corrected chi connectivity index (χ3v) is 4.18. The second kappa shape index (κ2) is 8.55. The first-order valence-electron chi connectivity index (χ1n) is 8.10. The summed E-state index contributed by atoms with van der Waals surface area (Å²) >= 11 is 0. The van der Waals surface area contributed by atoms with Crippen LogP contribution in [0, 0.1) is 17.6 Å². The van der Waals surface area contributed by atoms with Crippen molar-refractivity contribution in [3.8, 4) is 0 Å². The minimum Gasteiger partial charge on any atom is -0.452 e. The molecule has 2 atom stereocenters.